The molecule has 0 aromatic heterocycles. The topological polar surface area (TPSA) is 78.5 Å². The summed E-state index contributed by atoms with van der Waals surface area (Å²) in [7, 11) is 1.31. The van der Waals surface area contributed by atoms with Crippen LogP contribution in [-0.4, -0.2) is 42.8 Å². The van der Waals surface area contributed by atoms with Crippen molar-refractivity contribution in [3.63, 3.8) is 0 Å². The van der Waals surface area contributed by atoms with E-state index >= 15 is 0 Å². The van der Waals surface area contributed by atoms with Gasteiger partial charge in [0.05, 0.1) is 31.0 Å². The largest absolute Gasteiger partial charge is 0.632 e. The maximum Gasteiger partial charge on any atom is 0.322 e. The first-order valence-electron chi connectivity index (χ1n) is 9.29. The molecular formula is C21H22N2O4. The number of amides is 1. The van der Waals surface area contributed by atoms with E-state index in [4.69, 9.17) is 4.74 Å². The zero-order chi connectivity index (χ0) is 19.1. The van der Waals surface area contributed by atoms with E-state index in [2.05, 4.69) is 11.9 Å². The number of para-hydroxylation sites is 1. The molecule has 140 valence electrons. The van der Waals surface area contributed by atoms with Crippen LogP contribution >= 0.6 is 0 Å². The highest BCUT2D eigenvalue weighted by atomic mass is 16.6. The third-order valence-corrected chi connectivity index (χ3v) is 7.46. The van der Waals surface area contributed by atoms with Crippen LogP contribution in [-0.2, 0) is 19.7 Å². The Hall–Kier alpha value is -2.44. The average molecular weight is 366 g/mol. The minimum atomic E-state index is -1.44. The highest BCUT2D eigenvalue weighted by Crippen LogP contribution is 2.72. The summed E-state index contributed by atoms with van der Waals surface area (Å²) in [5.41, 5.74) is -1.51. The molecule has 4 aliphatic rings. The first-order chi connectivity index (χ1) is 12.9. The molecule has 0 bridgehead atoms. The summed E-state index contributed by atoms with van der Waals surface area (Å²) in [6.07, 6.45) is 6.32. The first kappa shape index (κ1) is 16.7. The number of fused-ring (bicyclic) bond motifs is 1. The van der Waals surface area contributed by atoms with Crippen LogP contribution < -0.4 is 5.32 Å². The number of benzene rings is 1. The molecule has 1 amide bonds. The van der Waals surface area contributed by atoms with Gasteiger partial charge in [-0.25, -0.2) is 0 Å². The van der Waals surface area contributed by atoms with E-state index < -0.39 is 32.9 Å². The molecule has 5 atom stereocenters. The maximum absolute atomic E-state index is 13.9. The van der Waals surface area contributed by atoms with Crippen molar-refractivity contribution in [1.29, 1.82) is 0 Å². The second-order valence-corrected chi connectivity index (χ2v) is 8.27. The summed E-state index contributed by atoms with van der Waals surface area (Å²) >= 11 is 0. The molecule has 1 saturated carbocycles. The van der Waals surface area contributed by atoms with Gasteiger partial charge >= 0.3 is 5.97 Å². The monoisotopic (exact) mass is 366 g/mol. The zero-order valence-electron chi connectivity index (χ0n) is 15.2. The molecule has 1 saturated heterocycles. The number of esters is 1. The van der Waals surface area contributed by atoms with Crippen molar-refractivity contribution < 1.29 is 19.0 Å². The normalized spacial score (nSPS) is 43.3. The molecule has 1 aromatic carbocycles. The van der Waals surface area contributed by atoms with Crippen molar-refractivity contribution in [3.05, 3.63) is 59.8 Å². The van der Waals surface area contributed by atoms with Gasteiger partial charge in [-0.05, 0) is 24.1 Å². The SMILES string of the molecule is C=C[C@]12C=CC[N+]3([O-])CC[C@@]4(c5ccccc5NC(=O)[C@@]4(C(=O)OC)C1)[C@H]23. The lowest BCUT2D eigenvalue weighted by Gasteiger charge is -2.53. The number of anilines is 1. The minimum Gasteiger partial charge on any atom is -0.632 e. The number of nitrogens with one attached hydrogen (secondary N) is 1. The Morgan fingerprint density at radius 3 is 2.96 bits per heavy atom. The molecule has 27 heavy (non-hydrogen) atoms. The van der Waals surface area contributed by atoms with E-state index in [-0.39, 0.29) is 12.3 Å². The van der Waals surface area contributed by atoms with Gasteiger partial charge in [0.25, 0.3) is 0 Å². The van der Waals surface area contributed by atoms with Crippen LogP contribution in [0.3, 0.4) is 0 Å². The van der Waals surface area contributed by atoms with Crippen LogP contribution in [0.4, 0.5) is 5.69 Å². The Kier molecular flexibility index (Phi) is 3.02. The van der Waals surface area contributed by atoms with E-state index in [1.807, 2.05) is 36.4 Å². The standard InChI is InChI=1S/C21H22N2O4/c1-3-19-9-6-11-23(26)12-10-20(16(19)23)14-7-4-5-8-15(14)22-17(24)21(20,13-19)18(25)27-2/h3-9,16H,1,10-13H2,2H3,(H,22,24)/t16-,19-,20+,21+,23?/m0/s1. The number of methoxy groups -OCH3 is 1. The third-order valence-electron chi connectivity index (χ3n) is 7.46. The van der Waals surface area contributed by atoms with Gasteiger partial charge in [0.1, 0.15) is 6.04 Å². The lowest BCUT2D eigenvalue weighted by atomic mass is 9.57. The Labute approximate surface area is 157 Å². The molecule has 0 radical (unpaired) electrons. The predicted molar refractivity (Wildman–Crippen MR) is 99.4 cm³/mol. The fourth-order valence-electron chi connectivity index (χ4n) is 6.67. The van der Waals surface area contributed by atoms with Crippen LogP contribution in [0.15, 0.2) is 49.1 Å². The Balaban J connectivity index is 1.92. The van der Waals surface area contributed by atoms with Gasteiger partial charge < -0.3 is 19.9 Å². The number of carbonyl (C=O) groups excluding carboxylic acids is 2. The van der Waals surface area contributed by atoms with Crippen LogP contribution in [0.1, 0.15) is 18.4 Å². The van der Waals surface area contributed by atoms with Gasteiger partial charge in [0.15, 0.2) is 5.41 Å². The Bertz CT molecular complexity index is 927. The van der Waals surface area contributed by atoms with Crippen molar-refractivity contribution in [2.45, 2.75) is 24.3 Å². The van der Waals surface area contributed by atoms with E-state index in [0.29, 0.717) is 25.2 Å². The molecule has 3 aliphatic heterocycles. The molecule has 6 heteroatoms. The van der Waals surface area contributed by atoms with E-state index in [0.717, 1.165) is 5.56 Å². The average Bonchev–Trinajstić information content (AvgIpc) is 3.16. The zero-order valence-corrected chi connectivity index (χ0v) is 15.2. The van der Waals surface area contributed by atoms with Gasteiger partial charge in [-0.2, -0.15) is 0 Å². The van der Waals surface area contributed by atoms with Crippen LogP contribution in [0.25, 0.3) is 0 Å². The molecular weight excluding hydrogens is 344 g/mol. The second kappa shape index (κ2) is 4.88. The predicted octanol–water partition coefficient (Wildman–Crippen LogP) is 2.27. The number of hydrogen-bond acceptors (Lipinski definition) is 4. The van der Waals surface area contributed by atoms with Crippen LogP contribution in [0.2, 0.25) is 0 Å². The summed E-state index contributed by atoms with van der Waals surface area (Å²) < 4.78 is 4.76. The number of carbonyl (C=O) groups is 2. The van der Waals surface area contributed by atoms with Crippen molar-refractivity contribution in [2.75, 3.05) is 25.5 Å². The molecule has 1 aromatic rings. The Morgan fingerprint density at radius 1 is 1.44 bits per heavy atom. The van der Waals surface area contributed by atoms with Gasteiger partial charge in [-0.3, -0.25) is 9.59 Å². The van der Waals surface area contributed by atoms with Gasteiger partial charge in [0, 0.05) is 12.1 Å². The number of nitrogens with zero attached hydrogens (tertiary/aromatic N) is 1. The molecule has 1 unspecified atom stereocenters. The van der Waals surface area contributed by atoms with Crippen molar-refractivity contribution in [1.82, 2.24) is 0 Å². The molecule has 6 nitrogen and oxygen atoms in total. The number of rotatable bonds is 2. The van der Waals surface area contributed by atoms with E-state index in [9.17, 15) is 14.8 Å². The maximum atomic E-state index is 13.9. The van der Waals surface area contributed by atoms with Gasteiger partial charge in [-0.1, -0.05) is 30.4 Å². The smallest absolute Gasteiger partial charge is 0.322 e. The summed E-state index contributed by atoms with van der Waals surface area (Å²) in [6, 6.07) is 7.06. The molecule has 1 spiro atoms. The van der Waals surface area contributed by atoms with Crippen molar-refractivity contribution in [2.24, 2.45) is 10.8 Å². The quantitative estimate of drug-likeness (QED) is 0.286. The molecule has 1 aliphatic carbocycles. The van der Waals surface area contributed by atoms with Crippen LogP contribution in [0.5, 0.6) is 0 Å². The molecule has 1 N–H and O–H groups in total. The summed E-state index contributed by atoms with van der Waals surface area (Å²) in [5.74, 6) is -0.933. The molecule has 2 fully saturated rings. The number of quaternary nitrogens is 1. The van der Waals surface area contributed by atoms with Crippen LogP contribution in [0, 0.1) is 16.0 Å². The fraction of sp³-hybridized carbons (Fsp3) is 0.429. The lowest BCUT2D eigenvalue weighted by Crippen LogP contribution is -2.64. The van der Waals surface area contributed by atoms with E-state index in [1.165, 1.54) is 7.11 Å². The lowest BCUT2D eigenvalue weighted by molar-refractivity contribution is -0.896. The number of ether oxygens (including phenoxy) is 1. The highest BCUT2D eigenvalue weighted by Gasteiger charge is 2.83. The highest BCUT2D eigenvalue weighted by molar-refractivity contribution is 6.14. The second-order valence-electron chi connectivity index (χ2n) is 8.27. The number of hydroxylamine groups is 3. The summed E-state index contributed by atoms with van der Waals surface area (Å²) in [6.45, 7) is 4.73. The summed E-state index contributed by atoms with van der Waals surface area (Å²) in [4.78, 5) is 26.7. The fourth-order valence-corrected chi connectivity index (χ4v) is 6.67. The first-order valence-corrected chi connectivity index (χ1v) is 9.29. The minimum absolute atomic E-state index is 0.208. The third kappa shape index (κ3) is 1.57. The Morgan fingerprint density at radius 2 is 2.22 bits per heavy atom. The van der Waals surface area contributed by atoms with E-state index in [1.54, 1.807) is 6.08 Å². The van der Waals surface area contributed by atoms with Crippen molar-refractivity contribution in [3.8, 4) is 0 Å². The van der Waals surface area contributed by atoms with Gasteiger partial charge in [-0.15, -0.1) is 6.58 Å². The van der Waals surface area contributed by atoms with Gasteiger partial charge in [0.2, 0.25) is 5.91 Å². The summed E-state index contributed by atoms with van der Waals surface area (Å²) in [5, 5.41) is 16.8. The van der Waals surface area contributed by atoms with Crippen molar-refractivity contribution >= 4 is 17.6 Å². The molecule has 3 heterocycles. The number of hydrogen-bond donors (Lipinski definition) is 1. The molecule has 5 rings (SSSR count).